The van der Waals surface area contributed by atoms with E-state index in [2.05, 4.69) is 5.10 Å². The number of hydrogen-bond donors (Lipinski definition) is 0. The van der Waals surface area contributed by atoms with Gasteiger partial charge in [-0.2, -0.15) is 18.3 Å². The van der Waals surface area contributed by atoms with Crippen LogP contribution >= 0.6 is 0 Å². The summed E-state index contributed by atoms with van der Waals surface area (Å²) in [6.45, 7) is 2.52. The first kappa shape index (κ1) is 18.2. The van der Waals surface area contributed by atoms with Gasteiger partial charge in [0.2, 0.25) is 5.43 Å². The lowest BCUT2D eigenvalue weighted by Crippen LogP contribution is -2.39. The van der Waals surface area contributed by atoms with Gasteiger partial charge in [-0.15, -0.1) is 0 Å². The van der Waals surface area contributed by atoms with Crippen molar-refractivity contribution in [1.82, 2.24) is 14.7 Å². The number of aryl methyl sites for hydroxylation is 1. The third kappa shape index (κ3) is 3.49. The van der Waals surface area contributed by atoms with Crippen molar-refractivity contribution in [3.05, 3.63) is 57.5 Å². The van der Waals surface area contributed by atoms with Gasteiger partial charge in [0.05, 0.1) is 11.3 Å². The minimum atomic E-state index is -4.58. The predicted octanol–water partition coefficient (Wildman–Crippen LogP) is 3.19. The van der Waals surface area contributed by atoms with Crippen LogP contribution in [0.25, 0.3) is 5.69 Å². The predicted molar refractivity (Wildman–Crippen MR) is 89.3 cm³/mol. The summed E-state index contributed by atoms with van der Waals surface area (Å²) in [5, 5.41) is 4.00. The number of benzene rings is 1. The summed E-state index contributed by atoms with van der Waals surface area (Å²) in [5.74, 6) is -0.534. The molecule has 8 heteroatoms. The minimum absolute atomic E-state index is 0.217. The Morgan fingerprint density at radius 1 is 1.12 bits per heavy atom. The van der Waals surface area contributed by atoms with Crippen molar-refractivity contribution in [1.29, 1.82) is 0 Å². The maximum absolute atomic E-state index is 13.3. The summed E-state index contributed by atoms with van der Waals surface area (Å²) in [5.41, 5.74) is -1.81. The Hall–Kier alpha value is -2.64. The lowest BCUT2D eigenvalue weighted by molar-refractivity contribution is -0.137. The van der Waals surface area contributed by atoms with Crippen LogP contribution in [0.2, 0.25) is 0 Å². The normalized spacial score (nSPS) is 15.2. The molecule has 1 aromatic heterocycles. The first-order valence-corrected chi connectivity index (χ1v) is 8.36. The number of halogens is 3. The molecule has 138 valence electrons. The molecule has 0 spiro atoms. The van der Waals surface area contributed by atoms with Crippen molar-refractivity contribution in [3.63, 3.8) is 0 Å². The first-order valence-electron chi connectivity index (χ1n) is 8.36. The average Bonchev–Trinajstić information content (AvgIpc) is 2.61. The van der Waals surface area contributed by atoms with Crippen molar-refractivity contribution in [3.8, 4) is 5.69 Å². The van der Waals surface area contributed by atoms with Gasteiger partial charge in [-0.1, -0.05) is 12.1 Å². The van der Waals surface area contributed by atoms with Gasteiger partial charge in [0.25, 0.3) is 5.91 Å². The molecule has 2 aromatic rings. The van der Waals surface area contributed by atoms with Gasteiger partial charge >= 0.3 is 6.18 Å². The molecule has 1 fully saturated rings. The molecule has 1 amide bonds. The smallest absolute Gasteiger partial charge is 0.337 e. The number of likely N-dealkylation sites (tertiary alicyclic amines) is 1. The Morgan fingerprint density at radius 2 is 1.77 bits per heavy atom. The lowest BCUT2D eigenvalue weighted by atomic mass is 10.1. The van der Waals surface area contributed by atoms with Crippen molar-refractivity contribution in [2.45, 2.75) is 32.4 Å². The first-order chi connectivity index (χ1) is 12.3. The van der Waals surface area contributed by atoms with Crippen molar-refractivity contribution >= 4 is 5.91 Å². The Morgan fingerprint density at radius 3 is 2.42 bits per heavy atom. The molecule has 0 radical (unpaired) electrons. The number of alkyl halides is 3. The zero-order valence-electron chi connectivity index (χ0n) is 14.2. The van der Waals surface area contributed by atoms with Crippen LogP contribution in [0.3, 0.4) is 0 Å². The second-order valence-corrected chi connectivity index (χ2v) is 6.28. The fourth-order valence-electron chi connectivity index (χ4n) is 3.08. The number of carbonyl (C=O) groups is 1. The quantitative estimate of drug-likeness (QED) is 0.821. The van der Waals surface area contributed by atoms with Crippen molar-refractivity contribution in [2.75, 3.05) is 13.1 Å². The molecule has 5 nitrogen and oxygen atoms in total. The van der Waals surface area contributed by atoms with Crippen LogP contribution in [0.1, 0.15) is 41.0 Å². The van der Waals surface area contributed by atoms with Gasteiger partial charge in [0.1, 0.15) is 0 Å². The van der Waals surface area contributed by atoms with Gasteiger partial charge < -0.3 is 4.90 Å². The fraction of sp³-hybridized carbons (Fsp3) is 0.389. The second-order valence-electron chi connectivity index (χ2n) is 6.28. The zero-order chi connectivity index (χ0) is 18.9. The van der Waals surface area contributed by atoms with Gasteiger partial charge in [-0.25, -0.2) is 4.68 Å². The van der Waals surface area contributed by atoms with E-state index in [-0.39, 0.29) is 17.1 Å². The lowest BCUT2D eigenvalue weighted by Gasteiger charge is -2.26. The molecule has 1 saturated heterocycles. The van der Waals surface area contributed by atoms with Gasteiger partial charge in [0, 0.05) is 24.8 Å². The summed E-state index contributed by atoms with van der Waals surface area (Å²) in [6.07, 6.45) is -1.90. The molecule has 3 rings (SSSR count). The van der Waals surface area contributed by atoms with Crippen LogP contribution in [0.15, 0.2) is 35.1 Å². The highest BCUT2D eigenvalue weighted by Gasteiger charge is 2.34. The zero-order valence-corrected chi connectivity index (χ0v) is 14.2. The number of nitrogens with zero attached hydrogens (tertiary/aromatic N) is 3. The standard InChI is InChI=1S/C18H18F3N3O2/c1-12-11-15(25)16(17(26)23-9-5-2-6-10-23)22-24(12)14-8-4-3-7-13(14)18(19,20)21/h3-4,7-8,11H,2,5-6,9-10H2,1H3. The SMILES string of the molecule is Cc1cc(=O)c(C(=O)N2CCCCC2)nn1-c1ccccc1C(F)(F)F. The molecule has 2 heterocycles. The molecular formula is C18H18F3N3O2. The number of rotatable bonds is 2. The highest BCUT2D eigenvalue weighted by atomic mass is 19.4. The van der Waals surface area contributed by atoms with E-state index in [0.717, 1.165) is 36.1 Å². The van der Waals surface area contributed by atoms with Gasteiger partial charge in [0.15, 0.2) is 5.69 Å². The topological polar surface area (TPSA) is 55.2 Å². The number of aromatic nitrogens is 2. The molecule has 0 saturated carbocycles. The maximum atomic E-state index is 13.3. The summed E-state index contributed by atoms with van der Waals surface area (Å²) < 4.78 is 41.0. The number of hydrogen-bond acceptors (Lipinski definition) is 3. The number of piperidine rings is 1. The molecule has 0 unspecified atom stereocenters. The van der Waals surface area contributed by atoms with E-state index in [9.17, 15) is 22.8 Å². The Labute approximate surface area is 148 Å². The third-order valence-electron chi connectivity index (χ3n) is 4.39. The van der Waals surface area contributed by atoms with Crippen LogP contribution in [0, 0.1) is 6.92 Å². The average molecular weight is 365 g/mol. The van der Waals surface area contributed by atoms with E-state index in [1.807, 2.05) is 0 Å². The molecule has 0 N–H and O–H groups in total. The highest BCUT2D eigenvalue weighted by molar-refractivity contribution is 5.92. The van der Waals surface area contributed by atoms with Crippen molar-refractivity contribution < 1.29 is 18.0 Å². The Balaban J connectivity index is 2.10. The summed E-state index contributed by atoms with van der Waals surface area (Å²) in [7, 11) is 0. The van der Waals surface area contributed by atoms with Gasteiger partial charge in [-0.05, 0) is 38.3 Å². The van der Waals surface area contributed by atoms with E-state index in [1.54, 1.807) is 0 Å². The summed E-state index contributed by atoms with van der Waals surface area (Å²) >= 11 is 0. The molecule has 1 aliphatic heterocycles. The third-order valence-corrected chi connectivity index (χ3v) is 4.39. The van der Waals surface area contributed by atoms with E-state index in [1.165, 1.54) is 30.0 Å². The molecule has 0 bridgehead atoms. The molecule has 1 aliphatic rings. The summed E-state index contributed by atoms with van der Waals surface area (Å²) in [6, 6.07) is 6.10. The van der Waals surface area contributed by atoms with Crippen LogP contribution in [0.4, 0.5) is 13.2 Å². The molecule has 0 atom stereocenters. The molecule has 26 heavy (non-hydrogen) atoms. The highest BCUT2D eigenvalue weighted by Crippen LogP contribution is 2.33. The van der Waals surface area contributed by atoms with Crippen LogP contribution in [-0.4, -0.2) is 33.7 Å². The number of para-hydroxylation sites is 1. The fourth-order valence-corrected chi connectivity index (χ4v) is 3.08. The Bertz CT molecular complexity index is 884. The van der Waals surface area contributed by atoms with E-state index in [0.29, 0.717) is 13.1 Å². The van der Waals surface area contributed by atoms with Crippen LogP contribution in [0.5, 0.6) is 0 Å². The molecule has 1 aromatic carbocycles. The molecular weight excluding hydrogens is 347 g/mol. The second kappa shape index (κ2) is 6.93. The Kier molecular flexibility index (Phi) is 4.84. The largest absolute Gasteiger partial charge is 0.418 e. The minimum Gasteiger partial charge on any atom is -0.337 e. The molecule has 0 aliphatic carbocycles. The monoisotopic (exact) mass is 365 g/mol. The van der Waals surface area contributed by atoms with Gasteiger partial charge in [-0.3, -0.25) is 9.59 Å². The van der Waals surface area contributed by atoms with E-state index >= 15 is 0 Å². The van der Waals surface area contributed by atoms with Crippen molar-refractivity contribution in [2.24, 2.45) is 0 Å². The number of carbonyl (C=O) groups excluding carboxylic acids is 1. The maximum Gasteiger partial charge on any atom is 0.418 e. The van der Waals surface area contributed by atoms with Crippen LogP contribution in [-0.2, 0) is 6.18 Å². The number of amides is 1. The van der Waals surface area contributed by atoms with E-state index < -0.39 is 23.1 Å². The van der Waals surface area contributed by atoms with E-state index in [4.69, 9.17) is 0 Å². The van der Waals surface area contributed by atoms with Crippen LogP contribution < -0.4 is 5.43 Å². The summed E-state index contributed by atoms with van der Waals surface area (Å²) in [4.78, 5) is 26.4.